The average Bonchev–Trinajstić information content (AvgIpc) is 2.85. The zero-order valence-electron chi connectivity index (χ0n) is 12.2. The minimum absolute atomic E-state index is 0.0237. The number of ether oxygens (including phenoxy) is 1. The van der Waals surface area contributed by atoms with Crippen LogP contribution in [0.4, 0.5) is 0 Å². The molecule has 1 aromatic heterocycles. The van der Waals surface area contributed by atoms with Gasteiger partial charge in [-0.15, -0.1) is 0 Å². The van der Waals surface area contributed by atoms with Crippen molar-refractivity contribution in [3.8, 4) is 5.75 Å². The second-order valence-corrected chi connectivity index (χ2v) is 4.64. The molecule has 1 atom stereocenters. The number of likely N-dealkylation sites (N-methyl/N-ethyl adjacent to an activating group) is 1. The summed E-state index contributed by atoms with van der Waals surface area (Å²) in [6.45, 7) is 3.24. The van der Waals surface area contributed by atoms with E-state index in [0.29, 0.717) is 13.1 Å². The van der Waals surface area contributed by atoms with Gasteiger partial charge in [0.05, 0.1) is 13.2 Å². The van der Waals surface area contributed by atoms with Gasteiger partial charge in [0.2, 0.25) is 0 Å². The normalized spacial score (nSPS) is 12.3. The van der Waals surface area contributed by atoms with E-state index in [1.54, 1.807) is 16.2 Å². The first kappa shape index (κ1) is 14.4. The van der Waals surface area contributed by atoms with Gasteiger partial charge < -0.3 is 10.1 Å². The van der Waals surface area contributed by atoms with Crippen LogP contribution in [0.1, 0.15) is 18.5 Å². The van der Waals surface area contributed by atoms with Crippen LogP contribution < -0.4 is 15.7 Å². The van der Waals surface area contributed by atoms with Crippen LogP contribution in [0.25, 0.3) is 0 Å². The van der Waals surface area contributed by atoms with E-state index in [0.717, 1.165) is 11.3 Å². The van der Waals surface area contributed by atoms with Gasteiger partial charge in [0.1, 0.15) is 5.75 Å². The fraction of sp³-hybridized carbons (Fsp3) is 0.400. The lowest BCUT2D eigenvalue weighted by atomic mass is 10.1. The molecule has 0 bridgehead atoms. The molecule has 2 rings (SSSR count). The number of rotatable bonds is 6. The van der Waals surface area contributed by atoms with Crippen molar-refractivity contribution >= 4 is 0 Å². The first-order valence-corrected chi connectivity index (χ1v) is 6.76. The van der Waals surface area contributed by atoms with Gasteiger partial charge >= 0.3 is 5.69 Å². The molecule has 0 spiro atoms. The van der Waals surface area contributed by atoms with E-state index in [9.17, 15) is 4.79 Å². The summed E-state index contributed by atoms with van der Waals surface area (Å²) in [5, 5.41) is 3.25. The third kappa shape index (κ3) is 2.93. The van der Waals surface area contributed by atoms with Crippen molar-refractivity contribution in [1.82, 2.24) is 14.5 Å². The Hall–Kier alpha value is -2.01. The molecule has 1 unspecified atom stereocenters. The first-order valence-electron chi connectivity index (χ1n) is 6.76. The molecular formula is C15H21N3O2. The molecule has 108 valence electrons. The Labute approximate surface area is 118 Å². The van der Waals surface area contributed by atoms with Gasteiger partial charge in [0, 0.05) is 25.5 Å². The Balaban J connectivity index is 2.23. The lowest BCUT2D eigenvalue weighted by molar-refractivity contribution is 0.412. The monoisotopic (exact) mass is 275 g/mol. The molecule has 5 heteroatoms. The predicted molar refractivity (Wildman–Crippen MR) is 79.2 cm³/mol. The van der Waals surface area contributed by atoms with E-state index < -0.39 is 0 Å². The van der Waals surface area contributed by atoms with Gasteiger partial charge in [-0.2, -0.15) is 0 Å². The summed E-state index contributed by atoms with van der Waals surface area (Å²) >= 11 is 0. The number of aryl methyl sites for hydroxylation is 1. The number of nitrogens with zero attached hydrogens (tertiary/aromatic N) is 2. The van der Waals surface area contributed by atoms with Crippen LogP contribution in [0, 0.1) is 0 Å². The fourth-order valence-electron chi connectivity index (χ4n) is 2.25. The predicted octanol–water partition coefficient (Wildman–Crippen LogP) is 1.64. The maximum atomic E-state index is 12.1. The van der Waals surface area contributed by atoms with Crippen molar-refractivity contribution in [1.29, 1.82) is 0 Å². The average molecular weight is 275 g/mol. The highest BCUT2D eigenvalue weighted by molar-refractivity contribution is 5.30. The number of imidazole rings is 1. The lowest BCUT2D eigenvalue weighted by Crippen LogP contribution is -2.29. The number of aromatic nitrogens is 2. The summed E-state index contributed by atoms with van der Waals surface area (Å²) < 4.78 is 8.66. The third-order valence-electron chi connectivity index (χ3n) is 3.48. The van der Waals surface area contributed by atoms with Crippen LogP contribution in [0.15, 0.2) is 41.5 Å². The molecule has 0 aliphatic carbocycles. The topological polar surface area (TPSA) is 48.2 Å². The number of hydrogen-bond donors (Lipinski definition) is 1. The van der Waals surface area contributed by atoms with Crippen LogP contribution in [-0.2, 0) is 13.1 Å². The molecule has 1 heterocycles. The molecule has 0 aliphatic heterocycles. The highest BCUT2D eigenvalue weighted by atomic mass is 16.5. The molecule has 2 aromatic rings. The van der Waals surface area contributed by atoms with E-state index in [2.05, 4.69) is 5.32 Å². The number of benzene rings is 1. The number of nitrogens with one attached hydrogen (secondary N) is 1. The van der Waals surface area contributed by atoms with Gasteiger partial charge in [0.25, 0.3) is 0 Å². The second kappa shape index (κ2) is 6.43. The van der Waals surface area contributed by atoms with Gasteiger partial charge in [-0.3, -0.25) is 9.13 Å². The molecule has 0 aliphatic rings. The van der Waals surface area contributed by atoms with Crippen molar-refractivity contribution in [2.24, 2.45) is 0 Å². The lowest BCUT2D eigenvalue weighted by Gasteiger charge is -2.17. The quantitative estimate of drug-likeness (QED) is 0.872. The minimum Gasteiger partial charge on any atom is -0.497 e. The Morgan fingerprint density at radius 1 is 1.30 bits per heavy atom. The van der Waals surface area contributed by atoms with Crippen LogP contribution in [0.5, 0.6) is 5.75 Å². The molecule has 0 amide bonds. The number of hydrogen-bond acceptors (Lipinski definition) is 3. The molecule has 0 radical (unpaired) electrons. The molecule has 0 saturated carbocycles. The second-order valence-electron chi connectivity index (χ2n) is 4.64. The van der Waals surface area contributed by atoms with Crippen molar-refractivity contribution in [3.05, 3.63) is 52.7 Å². The Morgan fingerprint density at radius 2 is 2.05 bits per heavy atom. The van der Waals surface area contributed by atoms with Crippen LogP contribution in [0.2, 0.25) is 0 Å². The SMILES string of the molecule is CCn1ccn(CC(NC)c2cccc(OC)c2)c1=O. The Bertz CT molecular complexity index is 616. The fourth-order valence-corrected chi connectivity index (χ4v) is 2.25. The first-order chi connectivity index (χ1) is 9.69. The van der Waals surface area contributed by atoms with Crippen molar-refractivity contribution in [2.75, 3.05) is 14.2 Å². The summed E-state index contributed by atoms with van der Waals surface area (Å²) in [5.74, 6) is 0.821. The third-order valence-corrected chi connectivity index (χ3v) is 3.48. The molecule has 0 fully saturated rings. The largest absolute Gasteiger partial charge is 0.497 e. The molecule has 1 N–H and O–H groups in total. The van der Waals surface area contributed by atoms with Gasteiger partial charge in [-0.05, 0) is 31.7 Å². The van der Waals surface area contributed by atoms with E-state index in [1.165, 1.54) is 0 Å². The zero-order chi connectivity index (χ0) is 14.5. The maximum absolute atomic E-state index is 12.1. The van der Waals surface area contributed by atoms with Crippen LogP contribution in [-0.4, -0.2) is 23.3 Å². The van der Waals surface area contributed by atoms with Crippen LogP contribution in [0.3, 0.4) is 0 Å². The van der Waals surface area contributed by atoms with Gasteiger partial charge in [0.15, 0.2) is 0 Å². The Kier molecular flexibility index (Phi) is 4.63. The van der Waals surface area contributed by atoms with Crippen LogP contribution >= 0.6 is 0 Å². The van der Waals surface area contributed by atoms with E-state index >= 15 is 0 Å². The Morgan fingerprint density at radius 3 is 2.65 bits per heavy atom. The van der Waals surface area contributed by atoms with Crippen molar-refractivity contribution in [3.63, 3.8) is 0 Å². The van der Waals surface area contributed by atoms with Crippen molar-refractivity contribution < 1.29 is 4.74 Å². The molecule has 20 heavy (non-hydrogen) atoms. The summed E-state index contributed by atoms with van der Waals surface area (Å²) in [6, 6.07) is 7.96. The zero-order valence-corrected chi connectivity index (χ0v) is 12.2. The molecule has 1 aromatic carbocycles. The van der Waals surface area contributed by atoms with E-state index in [1.807, 2.05) is 50.6 Å². The summed E-state index contributed by atoms with van der Waals surface area (Å²) in [7, 11) is 3.55. The standard InChI is InChI=1S/C15H21N3O2/c1-4-17-8-9-18(15(17)19)11-14(16-2)12-6-5-7-13(10-12)20-3/h5-10,14,16H,4,11H2,1-3H3. The highest BCUT2D eigenvalue weighted by Crippen LogP contribution is 2.19. The summed E-state index contributed by atoms with van der Waals surface area (Å²) in [5.41, 5.74) is 1.12. The molecule has 0 saturated heterocycles. The number of methoxy groups -OCH3 is 1. The van der Waals surface area contributed by atoms with Gasteiger partial charge in [-0.25, -0.2) is 4.79 Å². The summed E-state index contributed by atoms with van der Waals surface area (Å²) in [6.07, 6.45) is 3.65. The summed E-state index contributed by atoms with van der Waals surface area (Å²) in [4.78, 5) is 12.1. The molecular weight excluding hydrogens is 254 g/mol. The van der Waals surface area contributed by atoms with Crippen molar-refractivity contribution in [2.45, 2.75) is 26.1 Å². The van der Waals surface area contributed by atoms with Gasteiger partial charge in [-0.1, -0.05) is 12.1 Å². The highest BCUT2D eigenvalue weighted by Gasteiger charge is 2.12. The molecule has 5 nitrogen and oxygen atoms in total. The maximum Gasteiger partial charge on any atom is 0.328 e. The van der Waals surface area contributed by atoms with E-state index in [-0.39, 0.29) is 11.7 Å². The smallest absolute Gasteiger partial charge is 0.328 e. The minimum atomic E-state index is 0.0237. The van der Waals surface area contributed by atoms with E-state index in [4.69, 9.17) is 4.74 Å².